The Morgan fingerprint density at radius 3 is 2.71 bits per heavy atom. The summed E-state index contributed by atoms with van der Waals surface area (Å²) < 4.78 is 4.92. The van der Waals surface area contributed by atoms with Gasteiger partial charge in [0.15, 0.2) is 0 Å². The fourth-order valence-electron chi connectivity index (χ4n) is 0.860. The summed E-state index contributed by atoms with van der Waals surface area (Å²) in [5.74, 6) is 0.488. The maximum Gasteiger partial charge on any atom is 0.127 e. The summed E-state index contributed by atoms with van der Waals surface area (Å²) in [7, 11) is 1.67. The second-order valence-electron chi connectivity index (χ2n) is 2.87. The molecule has 14 heavy (non-hydrogen) atoms. The first-order valence-electron chi connectivity index (χ1n) is 4.48. The van der Waals surface area contributed by atoms with Crippen molar-refractivity contribution < 1.29 is 4.74 Å². The molecule has 4 nitrogen and oxygen atoms in total. The first kappa shape index (κ1) is 12.7. The summed E-state index contributed by atoms with van der Waals surface area (Å²) in [6.45, 7) is 8.79. The van der Waals surface area contributed by atoms with Gasteiger partial charge < -0.3 is 15.8 Å². The molecule has 0 aromatic carbocycles. The summed E-state index contributed by atoms with van der Waals surface area (Å²) in [5, 5.41) is 3.18. The quantitative estimate of drug-likeness (QED) is 0.379. The van der Waals surface area contributed by atoms with E-state index in [1.165, 1.54) is 6.20 Å². The first-order chi connectivity index (χ1) is 6.63. The zero-order chi connectivity index (χ0) is 11.0. The van der Waals surface area contributed by atoms with Gasteiger partial charge in [-0.3, -0.25) is 0 Å². The van der Waals surface area contributed by atoms with Crippen molar-refractivity contribution in [3.05, 3.63) is 24.0 Å². The van der Waals surface area contributed by atoms with Crippen LogP contribution in [0.4, 0.5) is 0 Å². The van der Waals surface area contributed by atoms with Gasteiger partial charge in [0.05, 0.1) is 6.61 Å². The summed E-state index contributed by atoms with van der Waals surface area (Å²) >= 11 is 0. The van der Waals surface area contributed by atoms with Crippen LogP contribution < -0.4 is 11.1 Å². The Morgan fingerprint density at radius 2 is 2.21 bits per heavy atom. The lowest BCUT2D eigenvalue weighted by atomic mass is 10.2. The number of allylic oxidation sites excluding steroid dienone is 1. The Morgan fingerprint density at radius 1 is 1.57 bits per heavy atom. The predicted octanol–water partition coefficient (Wildman–Crippen LogP) is 1.02. The summed E-state index contributed by atoms with van der Waals surface area (Å²) in [5.41, 5.74) is 7.62. The SMILES string of the molecule is C=CN=C(N)/C(C)=C(\C)NCCOC. The van der Waals surface area contributed by atoms with Gasteiger partial charge in [-0.2, -0.15) is 0 Å². The molecule has 0 atom stereocenters. The zero-order valence-electron chi connectivity index (χ0n) is 9.13. The summed E-state index contributed by atoms with van der Waals surface area (Å²) in [6.07, 6.45) is 1.43. The zero-order valence-corrected chi connectivity index (χ0v) is 9.13. The lowest BCUT2D eigenvalue weighted by molar-refractivity contribution is 0.202. The molecular formula is C10H19N3O. The van der Waals surface area contributed by atoms with Gasteiger partial charge in [-0.1, -0.05) is 6.58 Å². The largest absolute Gasteiger partial charge is 0.386 e. The molecule has 0 saturated carbocycles. The van der Waals surface area contributed by atoms with Crippen LogP contribution in [0.2, 0.25) is 0 Å². The Bertz CT molecular complexity index is 244. The minimum absolute atomic E-state index is 0.488. The van der Waals surface area contributed by atoms with E-state index >= 15 is 0 Å². The minimum atomic E-state index is 0.488. The van der Waals surface area contributed by atoms with Crippen molar-refractivity contribution in [1.29, 1.82) is 0 Å². The molecule has 0 radical (unpaired) electrons. The fraction of sp³-hybridized carbons (Fsp3) is 0.500. The molecule has 0 bridgehead atoms. The molecule has 0 aromatic rings. The highest BCUT2D eigenvalue weighted by molar-refractivity contribution is 5.97. The maximum atomic E-state index is 5.68. The number of amidine groups is 1. The molecule has 0 rings (SSSR count). The monoisotopic (exact) mass is 197 g/mol. The highest BCUT2D eigenvalue weighted by Crippen LogP contribution is 1.99. The van der Waals surface area contributed by atoms with E-state index in [1.54, 1.807) is 7.11 Å². The lowest BCUT2D eigenvalue weighted by Crippen LogP contribution is -2.22. The van der Waals surface area contributed by atoms with Crippen molar-refractivity contribution in [3.63, 3.8) is 0 Å². The van der Waals surface area contributed by atoms with Crippen molar-refractivity contribution in [3.8, 4) is 0 Å². The number of ether oxygens (including phenoxy) is 1. The van der Waals surface area contributed by atoms with E-state index in [4.69, 9.17) is 10.5 Å². The van der Waals surface area contributed by atoms with Crippen LogP contribution in [0.15, 0.2) is 29.0 Å². The average molecular weight is 197 g/mol. The van der Waals surface area contributed by atoms with E-state index in [9.17, 15) is 0 Å². The van der Waals surface area contributed by atoms with Crippen molar-refractivity contribution in [2.45, 2.75) is 13.8 Å². The molecule has 3 N–H and O–H groups in total. The fourth-order valence-corrected chi connectivity index (χ4v) is 0.860. The Kier molecular flexibility index (Phi) is 6.49. The Labute approximate surface area is 85.5 Å². The van der Waals surface area contributed by atoms with Crippen molar-refractivity contribution in [1.82, 2.24) is 5.32 Å². The molecule has 80 valence electrons. The van der Waals surface area contributed by atoms with Gasteiger partial charge in [0, 0.05) is 31.1 Å². The number of methoxy groups -OCH3 is 1. The standard InChI is InChI=1S/C10H19N3O/c1-5-12-10(11)8(2)9(3)13-6-7-14-4/h5,13H,1,6-7H2,2-4H3,(H2,11,12)/b9-8+. The van der Waals surface area contributed by atoms with Gasteiger partial charge in [-0.15, -0.1) is 0 Å². The van der Waals surface area contributed by atoms with Gasteiger partial charge in [0.1, 0.15) is 5.84 Å². The predicted molar refractivity (Wildman–Crippen MR) is 60.1 cm³/mol. The lowest BCUT2D eigenvalue weighted by Gasteiger charge is -2.09. The third-order valence-electron chi connectivity index (χ3n) is 1.87. The minimum Gasteiger partial charge on any atom is -0.386 e. The molecular weight excluding hydrogens is 178 g/mol. The van der Waals surface area contributed by atoms with Crippen LogP contribution >= 0.6 is 0 Å². The summed E-state index contributed by atoms with van der Waals surface area (Å²) in [4.78, 5) is 3.90. The van der Waals surface area contributed by atoms with Crippen LogP contribution in [0, 0.1) is 0 Å². The molecule has 4 heteroatoms. The first-order valence-corrected chi connectivity index (χ1v) is 4.48. The van der Waals surface area contributed by atoms with Crippen LogP contribution in [0.1, 0.15) is 13.8 Å². The molecule has 0 aliphatic carbocycles. The number of aliphatic imine (C=N–C) groups is 1. The van der Waals surface area contributed by atoms with E-state index in [1.807, 2.05) is 13.8 Å². The number of rotatable bonds is 6. The van der Waals surface area contributed by atoms with Gasteiger partial charge in [-0.25, -0.2) is 4.99 Å². The van der Waals surface area contributed by atoms with Gasteiger partial charge >= 0.3 is 0 Å². The third kappa shape index (κ3) is 4.67. The van der Waals surface area contributed by atoms with Gasteiger partial charge in [0.25, 0.3) is 0 Å². The summed E-state index contributed by atoms with van der Waals surface area (Å²) in [6, 6.07) is 0. The van der Waals surface area contributed by atoms with Gasteiger partial charge in [-0.05, 0) is 13.8 Å². The number of nitrogens with two attached hydrogens (primary N) is 1. The van der Waals surface area contributed by atoms with E-state index in [-0.39, 0.29) is 0 Å². The highest BCUT2D eigenvalue weighted by atomic mass is 16.5. The third-order valence-corrected chi connectivity index (χ3v) is 1.87. The number of nitrogens with zero attached hydrogens (tertiary/aromatic N) is 1. The second-order valence-corrected chi connectivity index (χ2v) is 2.87. The van der Waals surface area contributed by atoms with E-state index < -0.39 is 0 Å². The molecule has 0 unspecified atom stereocenters. The van der Waals surface area contributed by atoms with Crippen LogP contribution in [-0.2, 0) is 4.74 Å². The molecule has 0 heterocycles. The maximum absolute atomic E-state index is 5.68. The molecule has 0 spiro atoms. The Balaban J connectivity index is 4.27. The molecule has 0 aromatic heterocycles. The normalized spacial score (nSPS) is 13.5. The van der Waals surface area contributed by atoms with Crippen molar-refractivity contribution in [2.75, 3.05) is 20.3 Å². The van der Waals surface area contributed by atoms with Crippen LogP contribution in [0.3, 0.4) is 0 Å². The Hall–Kier alpha value is -1.29. The topological polar surface area (TPSA) is 59.6 Å². The molecule has 0 aliphatic rings. The van der Waals surface area contributed by atoms with Crippen LogP contribution in [0.5, 0.6) is 0 Å². The van der Waals surface area contributed by atoms with Crippen LogP contribution in [-0.4, -0.2) is 26.1 Å². The molecule has 0 fully saturated rings. The smallest absolute Gasteiger partial charge is 0.127 e. The van der Waals surface area contributed by atoms with E-state index in [2.05, 4.69) is 16.9 Å². The number of nitrogens with one attached hydrogen (secondary N) is 1. The number of hydrogen-bond donors (Lipinski definition) is 2. The van der Waals surface area contributed by atoms with Crippen LogP contribution in [0.25, 0.3) is 0 Å². The van der Waals surface area contributed by atoms with E-state index in [0.29, 0.717) is 12.4 Å². The highest BCUT2D eigenvalue weighted by Gasteiger charge is 1.99. The second kappa shape index (κ2) is 7.15. The van der Waals surface area contributed by atoms with Gasteiger partial charge in [0.2, 0.25) is 0 Å². The van der Waals surface area contributed by atoms with Crippen molar-refractivity contribution >= 4 is 5.84 Å². The molecule has 0 amide bonds. The average Bonchev–Trinajstić information content (AvgIpc) is 2.17. The number of hydrogen-bond acceptors (Lipinski definition) is 3. The molecule has 0 saturated heterocycles. The van der Waals surface area contributed by atoms with Crippen molar-refractivity contribution in [2.24, 2.45) is 10.7 Å². The molecule has 0 aliphatic heterocycles. The van der Waals surface area contributed by atoms with E-state index in [0.717, 1.165) is 17.8 Å².